The van der Waals surface area contributed by atoms with Crippen molar-refractivity contribution in [3.63, 3.8) is 0 Å². The molecule has 1 aliphatic rings. The minimum Gasteiger partial charge on any atom is -0.461 e. The molecule has 0 bridgehead atoms. The fraction of sp³-hybridized carbons (Fsp3) is 0.375. The Morgan fingerprint density at radius 1 is 1.36 bits per heavy atom. The second-order valence-electron chi connectivity index (χ2n) is 5.56. The highest BCUT2D eigenvalue weighted by Gasteiger charge is 2.31. The standard InChI is InChI=1S/C16H20Cl2N4O3/c1-2-25-16(24)14(21-20)13(19)15(23)22-6-5-10(8-22)9-3-4-11(17)12(18)7-9/h3-4,7,10,21H,2,5-6,8,19-20H2,1H3/b14-13-. The van der Waals surface area contributed by atoms with Gasteiger partial charge in [-0.25, -0.2) is 4.79 Å². The van der Waals surface area contributed by atoms with Crippen LogP contribution in [0.3, 0.4) is 0 Å². The van der Waals surface area contributed by atoms with Gasteiger partial charge in [0.2, 0.25) is 0 Å². The number of nitrogens with two attached hydrogens (primary N) is 2. The molecule has 1 aliphatic heterocycles. The summed E-state index contributed by atoms with van der Waals surface area (Å²) in [6.45, 7) is 2.75. The maximum atomic E-state index is 12.5. The summed E-state index contributed by atoms with van der Waals surface area (Å²) in [6.07, 6.45) is 0.752. The van der Waals surface area contributed by atoms with E-state index < -0.39 is 11.9 Å². The average molecular weight is 387 g/mol. The lowest BCUT2D eigenvalue weighted by molar-refractivity contribution is -0.139. The van der Waals surface area contributed by atoms with Gasteiger partial charge in [0, 0.05) is 19.0 Å². The molecule has 0 saturated carbocycles. The summed E-state index contributed by atoms with van der Waals surface area (Å²) in [6, 6.07) is 5.42. The third-order valence-electron chi connectivity index (χ3n) is 4.01. The molecule has 1 saturated heterocycles. The Balaban J connectivity index is 2.13. The maximum absolute atomic E-state index is 12.5. The number of nitrogens with one attached hydrogen (secondary N) is 1. The molecule has 25 heavy (non-hydrogen) atoms. The first-order valence-corrected chi connectivity index (χ1v) is 8.52. The fourth-order valence-electron chi connectivity index (χ4n) is 2.71. The van der Waals surface area contributed by atoms with E-state index in [0.29, 0.717) is 23.1 Å². The first-order chi connectivity index (χ1) is 11.9. The molecular formula is C16H20Cl2N4O3. The largest absolute Gasteiger partial charge is 0.461 e. The van der Waals surface area contributed by atoms with E-state index in [9.17, 15) is 9.59 Å². The Morgan fingerprint density at radius 2 is 2.08 bits per heavy atom. The van der Waals surface area contributed by atoms with Crippen LogP contribution in [0.2, 0.25) is 10.0 Å². The number of nitrogens with zero attached hydrogens (tertiary/aromatic N) is 1. The van der Waals surface area contributed by atoms with Crippen LogP contribution in [-0.2, 0) is 14.3 Å². The van der Waals surface area contributed by atoms with Crippen molar-refractivity contribution in [2.45, 2.75) is 19.3 Å². The molecule has 1 heterocycles. The third kappa shape index (κ3) is 4.36. The van der Waals surface area contributed by atoms with Crippen molar-refractivity contribution in [1.29, 1.82) is 0 Å². The number of amides is 1. The van der Waals surface area contributed by atoms with Gasteiger partial charge in [0.1, 0.15) is 5.70 Å². The van der Waals surface area contributed by atoms with E-state index in [1.165, 1.54) is 0 Å². The Morgan fingerprint density at radius 3 is 2.68 bits per heavy atom. The van der Waals surface area contributed by atoms with Gasteiger partial charge >= 0.3 is 5.97 Å². The number of rotatable bonds is 5. The van der Waals surface area contributed by atoms with Crippen LogP contribution in [0.15, 0.2) is 29.6 Å². The topological polar surface area (TPSA) is 111 Å². The Bertz CT molecular complexity index is 709. The van der Waals surface area contributed by atoms with Crippen molar-refractivity contribution in [2.75, 3.05) is 19.7 Å². The molecule has 2 rings (SSSR count). The summed E-state index contributed by atoms with van der Waals surface area (Å²) in [5, 5.41) is 0.955. The number of benzene rings is 1. The summed E-state index contributed by atoms with van der Waals surface area (Å²) in [5.41, 5.74) is 8.45. The van der Waals surface area contributed by atoms with E-state index in [2.05, 4.69) is 5.43 Å². The van der Waals surface area contributed by atoms with Crippen molar-refractivity contribution in [1.82, 2.24) is 10.3 Å². The molecular weight excluding hydrogens is 367 g/mol. The summed E-state index contributed by atoms with van der Waals surface area (Å²) in [4.78, 5) is 25.9. The fourth-order valence-corrected chi connectivity index (χ4v) is 3.02. The number of halogens is 2. The van der Waals surface area contributed by atoms with Crippen molar-refractivity contribution in [3.8, 4) is 0 Å². The van der Waals surface area contributed by atoms with Crippen LogP contribution in [0.4, 0.5) is 0 Å². The van der Waals surface area contributed by atoms with Crippen LogP contribution in [0.25, 0.3) is 0 Å². The van der Waals surface area contributed by atoms with Crippen molar-refractivity contribution in [3.05, 3.63) is 45.2 Å². The van der Waals surface area contributed by atoms with Gasteiger partial charge in [-0.3, -0.25) is 10.6 Å². The molecule has 0 aromatic heterocycles. The molecule has 0 radical (unpaired) electrons. The zero-order valence-corrected chi connectivity index (χ0v) is 15.2. The summed E-state index contributed by atoms with van der Waals surface area (Å²) in [7, 11) is 0. The number of hydrogen-bond donors (Lipinski definition) is 3. The highest BCUT2D eigenvalue weighted by Crippen LogP contribution is 2.32. The highest BCUT2D eigenvalue weighted by atomic mass is 35.5. The molecule has 0 spiro atoms. The van der Waals surface area contributed by atoms with E-state index in [4.69, 9.17) is 39.5 Å². The van der Waals surface area contributed by atoms with Crippen molar-refractivity contribution in [2.24, 2.45) is 11.6 Å². The Kier molecular flexibility index (Phi) is 6.52. The van der Waals surface area contributed by atoms with Gasteiger partial charge in [-0.1, -0.05) is 29.3 Å². The lowest BCUT2D eigenvalue weighted by Gasteiger charge is -2.18. The quantitative estimate of drug-likeness (QED) is 0.306. The normalized spacial score (nSPS) is 17.9. The van der Waals surface area contributed by atoms with Gasteiger partial charge in [0.25, 0.3) is 5.91 Å². The van der Waals surface area contributed by atoms with Crippen LogP contribution in [-0.4, -0.2) is 36.5 Å². The monoisotopic (exact) mass is 386 g/mol. The molecule has 1 fully saturated rings. The molecule has 1 atom stereocenters. The molecule has 0 aliphatic carbocycles. The van der Waals surface area contributed by atoms with Gasteiger partial charge in [0.05, 0.1) is 16.7 Å². The highest BCUT2D eigenvalue weighted by molar-refractivity contribution is 6.42. The van der Waals surface area contributed by atoms with Gasteiger partial charge in [-0.15, -0.1) is 0 Å². The van der Waals surface area contributed by atoms with E-state index in [1.807, 2.05) is 6.07 Å². The van der Waals surface area contributed by atoms with Crippen molar-refractivity contribution >= 4 is 35.1 Å². The molecule has 5 N–H and O–H groups in total. The zero-order valence-electron chi connectivity index (χ0n) is 13.7. The van der Waals surface area contributed by atoms with Gasteiger partial charge in [0.15, 0.2) is 5.70 Å². The maximum Gasteiger partial charge on any atom is 0.358 e. The average Bonchev–Trinajstić information content (AvgIpc) is 3.07. The molecule has 1 unspecified atom stereocenters. The molecule has 9 heteroatoms. The number of carbonyl (C=O) groups excluding carboxylic acids is 2. The van der Waals surface area contributed by atoms with Crippen LogP contribution in [0, 0.1) is 0 Å². The van der Waals surface area contributed by atoms with Gasteiger partial charge in [-0.2, -0.15) is 0 Å². The summed E-state index contributed by atoms with van der Waals surface area (Å²) >= 11 is 12.0. The predicted octanol–water partition coefficient (Wildman–Crippen LogP) is 1.51. The number of hydrazine groups is 1. The van der Waals surface area contributed by atoms with Crippen LogP contribution in [0.1, 0.15) is 24.8 Å². The van der Waals surface area contributed by atoms with E-state index >= 15 is 0 Å². The number of ether oxygens (including phenoxy) is 1. The number of hydrogen-bond acceptors (Lipinski definition) is 6. The lowest BCUT2D eigenvalue weighted by Crippen LogP contribution is -2.39. The SMILES string of the molecule is CCOC(=O)/C(NN)=C(/N)C(=O)N1CCC(c2ccc(Cl)c(Cl)c2)C1. The van der Waals surface area contributed by atoms with Gasteiger partial charge in [-0.05, 0) is 31.0 Å². The van der Waals surface area contributed by atoms with Crippen LogP contribution < -0.4 is 17.0 Å². The van der Waals surface area contributed by atoms with E-state index in [-0.39, 0.29) is 23.9 Å². The van der Waals surface area contributed by atoms with E-state index in [1.54, 1.807) is 24.0 Å². The van der Waals surface area contributed by atoms with Crippen LogP contribution >= 0.6 is 23.2 Å². The number of esters is 1. The third-order valence-corrected chi connectivity index (χ3v) is 4.75. The molecule has 1 aromatic carbocycles. The molecule has 1 aromatic rings. The Hall–Kier alpha value is -1.96. The van der Waals surface area contributed by atoms with Gasteiger partial charge < -0.3 is 20.8 Å². The van der Waals surface area contributed by atoms with E-state index in [0.717, 1.165) is 12.0 Å². The first kappa shape index (κ1) is 19.4. The zero-order chi connectivity index (χ0) is 18.6. The molecule has 136 valence electrons. The number of carbonyl (C=O) groups is 2. The second-order valence-corrected chi connectivity index (χ2v) is 6.38. The number of likely N-dealkylation sites (tertiary alicyclic amines) is 1. The first-order valence-electron chi connectivity index (χ1n) is 7.76. The molecule has 1 amide bonds. The predicted molar refractivity (Wildman–Crippen MR) is 95.6 cm³/mol. The minimum absolute atomic E-state index is 0.114. The second kappa shape index (κ2) is 8.42. The van der Waals surface area contributed by atoms with Crippen LogP contribution in [0.5, 0.6) is 0 Å². The lowest BCUT2D eigenvalue weighted by atomic mass is 9.99. The van der Waals surface area contributed by atoms with Crippen molar-refractivity contribution < 1.29 is 14.3 Å². The molecule has 7 nitrogen and oxygen atoms in total. The Labute approximate surface area is 155 Å². The summed E-state index contributed by atoms with van der Waals surface area (Å²) in [5.74, 6) is 4.18. The smallest absolute Gasteiger partial charge is 0.358 e. The minimum atomic E-state index is -0.768. The summed E-state index contributed by atoms with van der Waals surface area (Å²) < 4.78 is 4.83.